The largest absolute Gasteiger partial charge is 0.347 e. The standard InChI is InChI=1S/C19H25N3O/c1-3-22(18-12-8-5-9-13-18)15-16(14-20)19(23)21(2)17-10-6-4-7-11-17/h5,8-9,12-13,15,17H,3-4,6-7,10-11H2,1-2H3/b16-15-. The normalized spacial score (nSPS) is 15.8. The molecule has 0 radical (unpaired) electrons. The maximum atomic E-state index is 12.7. The predicted octanol–water partition coefficient (Wildman–Crippen LogP) is 3.71. The van der Waals surface area contributed by atoms with Crippen molar-refractivity contribution in [3.63, 3.8) is 0 Å². The summed E-state index contributed by atoms with van der Waals surface area (Å²) in [6.45, 7) is 2.71. The number of anilines is 1. The first-order valence-electron chi connectivity index (χ1n) is 8.38. The molecule has 0 heterocycles. The van der Waals surface area contributed by atoms with Crippen molar-refractivity contribution < 1.29 is 4.79 Å². The summed E-state index contributed by atoms with van der Waals surface area (Å²) >= 11 is 0. The molecule has 1 aromatic carbocycles. The third-order valence-electron chi connectivity index (χ3n) is 4.51. The van der Waals surface area contributed by atoms with Gasteiger partial charge in [0.05, 0.1) is 0 Å². The molecule has 0 atom stereocenters. The van der Waals surface area contributed by atoms with E-state index in [-0.39, 0.29) is 17.5 Å². The smallest absolute Gasteiger partial charge is 0.266 e. The van der Waals surface area contributed by atoms with Gasteiger partial charge < -0.3 is 9.80 Å². The molecular formula is C19H25N3O. The molecule has 23 heavy (non-hydrogen) atoms. The van der Waals surface area contributed by atoms with Gasteiger partial charge in [0, 0.05) is 31.5 Å². The minimum absolute atomic E-state index is 0.172. The number of nitriles is 1. The number of rotatable bonds is 5. The highest BCUT2D eigenvalue weighted by Gasteiger charge is 2.24. The number of nitrogens with zero attached hydrogens (tertiary/aromatic N) is 3. The minimum atomic E-state index is -0.172. The van der Waals surface area contributed by atoms with Crippen LogP contribution < -0.4 is 4.90 Å². The van der Waals surface area contributed by atoms with E-state index in [9.17, 15) is 10.1 Å². The summed E-state index contributed by atoms with van der Waals surface area (Å²) < 4.78 is 0. The van der Waals surface area contributed by atoms with E-state index in [2.05, 4.69) is 6.07 Å². The molecule has 0 unspecified atom stereocenters. The number of hydrogen-bond acceptors (Lipinski definition) is 3. The van der Waals surface area contributed by atoms with E-state index in [0.29, 0.717) is 6.54 Å². The van der Waals surface area contributed by atoms with Crippen LogP contribution in [0, 0.1) is 11.3 Å². The molecule has 1 aliphatic carbocycles. The average molecular weight is 311 g/mol. The van der Waals surface area contributed by atoms with Crippen molar-refractivity contribution >= 4 is 11.6 Å². The molecule has 4 nitrogen and oxygen atoms in total. The molecule has 1 saturated carbocycles. The van der Waals surface area contributed by atoms with Crippen LogP contribution in [0.4, 0.5) is 5.69 Å². The highest BCUT2D eigenvalue weighted by molar-refractivity contribution is 5.97. The second kappa shape index (κ2) is 8.38. The number of carbonyl (C=O) groups excluding carboxylic acids is 1. The van der Waals surface area contributed by atoms with Gasteiger partial charge in [-0.2, -0.15) is 5.26 Å². The lowest BCUT2D eigenvalue weighted by atomic mass is 9.94. The van der Waals surface area contributed by atoms with E-state index in [1.807, 2.05) is 49.2 Å². The Kier molecular flexibility index (Phi) is 6.22. The third kappa shape index (κ3) is 4.35. The van der Waals surface area contributed by atoms with E-state index in [1.54, 1.807) is 11.1 Å². The Bertz CT molecular complexity index is 582. The maximum absolute atomic E-state index is 12.7. The van der Waals surface area contributed by atoms with Gasteiger partial charge in [0.15, 0.2) is 0 Å². The molecule has 0 aromatic heterocycles. The molecule has 0 N–H and O–H groups in total. The van der Waals surface area contributed by atoms with Crippen molar-refractivity contribution in [1.82, 2.24) is 4.90 Å². The zero-order valence-corrected chi connectivity index (χ0v) is 14.0. The summed E-state index contributed by atoms with van der Waals surface area (Å²) in [6, 6.07) is 12.2. The first-order chi connectivity index (χ1) is 11.2. The van der Waals surface area contributed by atoms with E-state index in [1.165, 1.54) is 19.3 Å². The van der Waals surface area contributed by atoms with Gasteiger partial charge in [-0.3, -0.25) is 4.79 Å². The Labute approximate surface area is 139 Å². The highest BCUT2D eigenvalue weighted by Crippen LogP contribution is 2.23. The first-order valence-corrected chi connectivity index (χ1v) is 8.38. The molecule has 0 bridgehead atoms. The van der Waals surface area contributed by atoms with E-state index in [4.69, 9.17) is 0 Å². The van der Waals surface area contributed by atoms with E-state index >= 15 is 0 Å². The van der Waals surface area contributed by atoms with E-state index in [0.717, 1.165) is 18.5 Å². The molecule has 1 aromatic rings. The van der Waals surface area contributed by atoms with Crippen molar-refractivity contribution in [2.75, 3.05) is 18.5 Å². The molecule has 1 aliphatic rings. The summed E-state index contributed by atoms with van der Waals surface area (Å²) in [4.78, 5) is 16.4. The zero-order chi connectivity index (χ0) is 16.7. The topological polar surface area (TPSA) is 47.3 Å². The SMILES string of the molecule is CCN(/C=C(/C#N)C(=O)N(C)C1CCCCC1)c1ccccc1. The van der Waals surface area contributed by atoms with Crippen LogP contribution in [0.2, 0.25) is 0 Å². The number of benzene rings is 1. The number of likely N-dealkylation sites (N-methyl/N-ethyl adjacent to an activating group) is 1. The molecule has 0 saturated heterocycles. The fourth-order valence-electron chi connectivity index (χ4n) is 3.08. The first kappa shape index (κ1) is 17.1. The van der Waals surface area contributed by atoms with Gasteiger partial charge in [0.1, 0.15) is 11.6 Å². The molecule has 122 valence electrons. The quantitative estimate of drug-likeness (QED) is 0.615. The summed E-state index contributed by atoms with van der Waals surface area (Å²) in [5.41, 5.74) is 1.18. The lowest BCUT2D eigenvalue weighted by Crippen LogP contribution is -2.39. The van der Waals surface area contributed by atoms with Crippen LogP contribution in [0.3, 0.4) is 0 Å². The lowest BCUT2D eigenvalue weighted by molar-refractivity contribution is -0.128. The number of para-hydroxylation sites is 1. The molecule has 2 rings (SSSR count). The summed E-state index contributed by atoms with van der Waals surface area (Å²) in [5.74, 6) is -0.172. The van der Waals surface area contributed by atoms with Crippen LogP contribution in [0.25, 0.3) is 0 Å². The fraction of sp³-hybridized carbons (Fsp3) is 0.474. The summed E-state index contributed by atoms with van der Waals surface area (Å²) in [7, 11) is 1.82. The fourth-order valence-corrected chi connectivity index (χ4v) is 3.08. The van der Waals surface area contributed by atoms with Crippen LogP contribution in [-0.2, 0) is 4.79 Å². The molecule has 0 aliphatic heterocycles. The molecule has 1 fully saturated rings. The van der Waals surface area contributed by atoms with Crippen molar-refractivity contribution in [3.8, 4) is 6.07 Å². The van der Waals surface area contributed by atoms with Gasteiger partial charge in [-0.15, -0.1) is 0 Å². The second-order valence-corrected chi connectivity index (χ2v) is 5.98. The van der Waals surface area contributed by atoms with Gasteiger partial charge in [-0.05, 0) is 31.9 Å². The predicted molar refractivity (Wildman–Crippen MR) is 92.8 cm³/mol. The van der Waals surface area contributed by atoms with Gasteiger partial charge >= 0.3 is 0 Å². The summed E-state index contributed by atoms with van der Waals surface area (Å²) in [6.07, 6.45) is 7.33. The van der Waals surface area contributed by atoms with Gasteiger partial charge in [0.25, 0.3) is 5.91 Å². The Hall–Kier alpha value is -2.28. The number of carbonyl (C=O) groups is 1. The van der Waals surface area contributed by atoms with Crippen LogP contribution >= 0.6 is 0 Å². The van der Waals surface area contributed by atoms with E-state index < -0.39 is 0 Å². The second-order valence-electron chi connectivity index (χ2n) is 5.98. The molecule has 1 amide bonds. The molecular weight excluding hydrogens is 286 g/mol. The monoisotopic (exact) mass is 311 g/mol. The van der Waals surface area contributed by atoms with Crippen LogP contribution in [0.1, 0.15) is 39.0 Å². The Morgan fingerprint density at radius 1 is 1.26 bits per heavy atom. The van der Waals surface area contributed by atoms with Gasteiger partial charge in [-0.25, -0.2) is 0 Å². The van der Waals surface area contributed by atoms with Crippen LogP contribution in [0.15, 0.2) is 42.1 Å². The van der Waals surface area contributed by atoms with Crippen LogP contribution in [0.5, 0.6) is 0 Å². The van der Waals surface area contributed by atoms with Crippen molar-refractivity contribution in [2.24, 2.45) is 0 Å². The van der Waals surface area contributed by atoms with Crippen molar-refractivity contribution in [2.45, 2.75) is 45.1 Å². The lowest BCUT2D eigenvalue weighted by Gasteiger charge is -2.31. The molecule has 0 spiro atoms. The Morgan fingerprint density at radius 3 is 2.48 bits per heavy atom. The number of hydrogen-bond donors (Lipinski definition) is 0. The average Bonchev–Trinajstić information content (AvgIpc) is 2.63. The van der Waals surface area contributed by atoms with Crippen molar-refractivity contribution in [1.29, 1.82) is 5.26 Å². The zero-order valence-electron chi connectivity index (χ0n) is 14.0. The third-order valence-corrected chi connectivity index (χ3v) is 4.51. The highest BCUT2D eigenvalue weighted by atomic mass is 16.2. The van der Waals surface area contributed by atoms with Gasteiger partial charge in [0.2, 0.25) is 0 Å². The maximum Gasteiger partial charge on any atom is 0.266 e. The Morgan fingerprint density at radius 2 is 1.91 bits per heavy atom. The summed E-state index contributed by atoms with van der Waals surface area (Å²) in [5, 5.41) is 9.44. The number of amides is 1. The van der Waals surface area contributed by atoms with Crippen molar-refractivity contribution in [3.05, 3.63) is 42.1 Å². The van der Waals surface area contributed by atoms with Crippen LogP contribution in [-0.4, -0.2) is 30.4 Å². The minimum Gasteiger partial charge on any atom is -0.347 e. The molecule has 4 heteroatoms. The van der Waals surface area contributed by atoms with Gasteiger partial charge in [-0.1, -0.05) is 37.5 Å². The Balaban J connectivity index is 2.16.